The van der Waals surface area contributed by atoms with Crippen LogP contribution in [0, 0.1) is 0 Å². The number of nitrogens with zero attached hydrogens (tertiary/aromatic N) is 1. The summed E-state index contributed by atoms with van der Waals surface area (Å²) < 4.78 is 35.3. The quantitative estimate of drug-likeness (QED) is 0.672. The highest BCUT2D eigenvalue weighted by Gasteiger charge is 2.42. The van der Waals surface area contributed by atoms with E-state index in [1.165, 1.54) is 4.90 Å². The van der Waals surface area contributed by atoms with Gasteiger partial charge in [0.2, 0.25) is 5.91 Å². The van der Waals surface area contributed by atoms with Crippen LogP contribution < -0.4 is 5.32 Å². The van der Waals surface area contributed by atoms with Crippen LogP contribution in [0.2, 0.25) is 0 Å². The van der Waals surface area contributed by atoms with E-state index in [1.54, 1.807) is 5.32 Å². The zero-order chi connectivity index (χ0) is 11.6. The number of hydrogen-bond donors (Lipinski definition) is 1. The molecule has 0 aliphatic carbocycles. The largest absolute Gasteiger partial charge is 0.471 e. The summed E-state index contributed by atoms with van der Waals surface area (Å²) in [5.74, 6) is -2.33. The number of amides is 2. The Morgan fingerprint density at radius 1 is 1.40 bits per heavy atom. The Labute approximate surface area is 83.7 Å². The van der Waals surface area contributed by atoms with Gasteiger partial charge in [-0.3, -0.25) is 9.59 Å². The standard InChI is InChI=1S/C8H9F3N2O2/c1-2-6(14)13-3-5(4-13)12-7(15)8(9,10)11/h2,5H,1,3-4H2,(H,12,15). The SMILES string of the molecule is C=CC(=O)N1CC(NC(=O)C(F)(F)F)C1. The Balaban J connectivity index is 2.32. The van der Waals surface area contributed by atoms with E-state index < -0.39 is 18.1 Å². The first-order valence-electron chi connectivity index (χ1n) is 4.13. The molecule has 0 unspecified atom stereocenters. The number of hydrogen-bond acceptors (Lipinski definition) is 2. The lowest BCUT2D eigenvalue weighted by atomic mass is 10.1. The molecule has 1 saturated heterocycles. The highest BCUT2D eigenvalue weighted by atomic mass is 19.4. The summed E-state index contributed by atoms with van der Waals surface area (Å²) in [6.07, 6.45) is -3.80. The Morgan fingerprint density at radius 3 is 2.33 bits per heavy atom. The van der Waals surface area contributed by atoms with Gasteiger partial charge in [-0.1, -0.05) is 6.58 Å². The number of carbonyl (C=O) groups is 2. The molecule has 1 aliphatic heterocycles. The second kappa shape index (κ2) is 3.92. The minimum absolute atomic E-state index is 0.0900. The predicted molar refractivity (Wildman–Crippen MR) is 44.8 cm³/mol. The first-order chi connectivity index (χ1) is 6.84. The van der Waals surface area contributed by atoms with Gasteiger partial charge >= 0.3 is 12.1 Å². The van der Waals surface area contributed by atoms with Crippen LogP contribution >= 0.6 is 0 Å². The summed E-state index contributed by atoms with van der Waals surface area (Å²) in [6.45, 7) is 3.41. The van der Waals surface area contributed by atoms with E-state index in [2.05, 4.69) is 6.58 Å². The van der Waals surface area contributed by atoms with Crippen molar-refractivity contribution in [2.45, 2.75) is 12.2 Å². The zero-order valence-electron chi connectivity index (χ0n) is 7.67. The third-order valence-electron chi connectivity index (χ3n) is 1.96. The minimum atomic E-state index is -4.87. The first-order valence-corrected chi connectivity index (χ1v) is 4.13. The molecule has 15 heavy (non-hydrogen) atoms. The molecule has 0 spiro atoms. The molecular formula is C8H9F3N2O2. The Hall–Kier alpha value is -1.53. The summed E-state index contributed by atoms with van der Waals surface area (Å²) in [7, 11) is 0. The Bertz CT molecular complexity index is 295. The molecule has 0 aromatic heterocycles. The van der Waals surface area contributed by atoms with Gasteiger partial charge in [0.15, 0.2) is 0 Å². The third kappa shape index (κ3) is 2.71. The molecule has 2 amide bonds. The van der Waals surface area contributed by atoms with Gasteiger partial charge in [0, 0.05) is 13.1 Å². The number of halogens is 3. The molecule has 1 rings (SSSR count). The number of alkyl halides is 3. The molecule has 0 aromatic carbocycles. The van der Waals surface area contributed by atoms with Crippen LogP contribution in [0.4, 0.5) is 13.2 Å². The maximum Gasteiger partial charge on any atom is 0.471 e. The average Bonchev–Trinajstić information content (AvgIpc) is 2.07. The Morgan fingerprint density at radius 2 is 1.93 bits per heavy atom. The van der Waals surface area contributed by atoms with Crippen LogP contribution in [0.3, 0.4) is 0 Å². The lowest BCUT2D eigenvalue weighted by Gasteiger charge is -2.38. The van der Waals surface area contributed by atoms with Crippen LogP contribution in [0.1, 0.15) is 0 Å². The second-order valence-corrected chi connectivity index (χ2v) is 3.12. The maximum absolute atomic E-state index is 11.8. The van der Waals surface area contributed by atoms with Gasteiger partial charge < -0.3 is 10.2 Å². The molecule has 1 aliphatic rings. The minimum Gasteiger partial charge on any atom is -0.342 e. The summed E-state index contributed by atoms with van der Waals surface area (Å²) >= 11 is 0. The van der Waals surface area contributed by atoms with Gasteiger partial charge in [0.05, 0.1) is 6.04 Å². The van der Waals surface area contributed by atoms with E-state index in [0.717, 1.165) is 6.08 Å². The summed E-state index contributed by atoms with van der Waals surface area (Å²) in [4.78, 5) is 22.6. The van der Waals surface area contributed by atoms with E-state index in [4.69, 9.17) is 0 Å². The fourth-order valence-electron chi connectivity index (χ4n) is 1.15. The number of likely N-dealkylation sites (tertiary alicyclic amines) is 1. The molecule has 1 heterocycles. The number of nitrogens with one attached hydrogen (secondary N) is 1. The monoisotopic (exact) mass is 222 g/mol. The molecule has 7 heteroatoms. The smallest absolute Gasteiger partial charge is 0.342 e. The number of carbonyl (C=O) groups excluding carboxylic acids is 2. The van der Waals surface area contributed by atoms with Crippen molar-refractivity contribution in [1.29, 1.82) is 0 Å². The molecule has 0 radical (unpaired) electrons. The highest BCUT2D eigenvalue weighted by Crippen LogP contribution is 2.16. The molecule has 4 nitrogen and oxygen atoms in total. The van der Waals surface area contributed by atoms with Crippen LogP contribution in [0.15, 0.2) is 12.7 Å². The van der Waals surface area contributed by atoms with Gasteiger partial charge in [0.25, 0.3) is 0 Å². The van der Waals surface area contributed by atoms with Crippen molar-refractivity contribution in [2.75, 3.05) is 13.1 Å². The van der Waals surface area contributed by atoms with Crippen molar-refractivity contribution in [1.82, 2.24) is 10.2 Å². The first kappa shape index (κ1) is 11.5. The topological polar surface area (TPSA) is 49.4 Å². The molecule has 84 valence electrons. The van der Waals surface area contributed by atoms with Crippen molar-refractivity contribution in [3.8, 4) is 0 Å². The predicted octanol–water partition coefficient (Wildman–Crippen LogP) is 0.0617. The zero-order valence-corrected chi connectivity index (χ0v) is 7.67. The average molecular weight is 222 g/mol. The summed E-state index contributed by atoms with van der Waals surface area (Å²) in [5.41, 5.74) is 0. The van der Waals surface area contributed by atoms with Crippen molar-refractivity contribution in [3.63, 3.8) is 0 Å². The summed E-state index contributed by atoms with van der Waals surface area (Å²) in [5, 5.41) is 1.77. The van der Waals surface area contributed by atoms with Crippen molar-refractivity contribution >= 4 is 11.8 Å². The van der Waals surface area contributed by atoms with Crippen molar-refractivity contribution in [3.05, 3.63) is 12.7 Å². The van der Waals surface area contributed by atoms with Crippen LogP contribution in [-0.4, -0.2) is 42.0 Å². The van der Waals surface area contributed by atoms with Gasteiger partial charge in [-0.2, -0.15) is 13.2 Å². The maximum atomic E-state index is 11.8. The second-order valence-electron chi connectivity index (χ2n) is 3.12. The van der Waals surface area contributed by atoms with E-state index in [-0.39, 0.29) is 19.0 Å². The molecule has 0 saturated carbocycles. The van der Waals surface area contributed by atoms with Gasteiger partial charge in [0.1, 0.15) is 0 Å². The molecule has 0 aromatic rings. The molecule has 1 fully saturated rings. The van der Waals surface area contributed by atoms with Gasteiger partial charge in [-0.15, -0.1) is 0 Å². The fraction of sp³-hybridized carbons (Fsp3) is 0.500. The fourth-order valence-corrected chi connectivity index (χ4v) is 1.15. The van der Waals surface area contributed by atoms with Crippen LogP contribution in [0.25, 0.3) is 0 Å². The molecular weight excluding hydrogens is 213 g/mol. The third-order valence-corrected chi connectivity index (χ3v) is 1.96. The normalized spacial score (nSPS) is 16.9. The van der Waals surface area contributed by atoms with E-state index >= 15 is 0 Å². The number of rotatable bonds is 2. The lowest BCUT2D eigenvalue weighted by molar-refractivity contribution is -0.175. The van der Waals surface area contributed by atoms with Crippen molar-refractivity contribution < 1.29 is 22.8 Å². The van der Waals surface area contributed by atoms with E-state index in [1.807, 2.05) is 0 Å². The van der Waals surface area contributed by atoms with Gasteiger partial charge in [-0.25, -0.2) is 0 Å². The van der Waals surface area contributed by atoms with Crippen LogP contribution in [0.5, 0.6) is 0 Å². The van der Waals surface area contributed by atoms with E-state index in [9.17, 15) is 22.8 Å². The van der Waals surface area contributed by atoms with Crippen LogP contribution in [-0.2, 0) is 9.59 Å². The molecule has 0 bridgehead atoms. The van der Waals surface area contributed by atoms with E-state index in [0.29, 0.717) is 0 Å². The van der Waals surface area contributed by atoms with Gasteiger partial charge in [-0.05, 0) is 6.08 Å². The Kier molecular flexibility index (Phi) is 3.01. The highest BCUT2D eigenvalue weighted by molar-refractivity contribution is 5.88. The summed E-state index contributed by atoms with van der Waals surface area (Å²) in [6, 6.07) is -0.622. The molecule has 1 N–H and O–H groups in total. The lowest BCUT2D eigenvalue weighted by Crippen LogP contribution is -2.62. The van der Waals surface area contributed by atoms with Crippen molar-refractivity contribution in [2.24, 2.45) is 0 Å². The molecule has 0 atom stereocenters.